The van der Waals surface area contributed by atoms with E-state index in [-0.39, 0.29) is 11.5 Å². The van der Waals surface area contributed by atoms with Crippen molar-refractivity contribution in [2.75, 3.05) is 14.2 Å². The lowest BCUT2D eigenvalue weighted by molar-refractivity contribution is -0.106. The molecule has 1 aromatic rings. The highest BCUT2D eigenvalue weighted by Gasteiger charge is 2.09. The molecule has 0 aliphatic heterocycles. The molecule has 0 aliphatic rings. The summed E-state index contributed by atoms with van der Waals surface area (Å²) in [6.45, 7) is 1.88. The van der Waals surface area contributed by atoms with Crippen molar-refractivity contribution >= 4 is 11.8 Å². The zero-order chi connectivity index (χ0) is 12.0. The predicted molar refractivity (Wildman–Crippen MR) is 64.1 cm³/mol. The number of hydrogen-bond donors (Lipinski definition) is 0. The lowest BCUT2D eigenvalue weighted by atomic mass is 10.2. The van der Waals surface area contributed by atoms with E-state index < -0.39 is 0 Å². The van der Waals surface area contributed by atoms with Crippen LogP contribution in [0, 0.1) is 11.3 Å². The molecule has 0 spiro atoms. The lowest BCUT2D eigenvalue weighted by Gasteiger charge is -2.13. The van der Waals surface area contributed by atoms with Crippen LogP contribution in [-0.4, -0.2) is 19.5 Å². The van der Waals surface area contributed by atoms with Crippen LogP contribution in [0.3, 0.4) is 0 Å². The van der Waals surface area contributed by atoms with Crippen molar-refractivity contribution in [3.8, 4) is 6.07 Å². The largest absolute Gasteiger partial charge is 0.352 e. The topological polar surface area (TPSA) is 42.2 Å². The van der Waals surface area contributed by atoms with Crippen molar-refractivity contribution in [2.45, 2.75) is 23.4 Å². The number of thioether (sulfide) groups is 1. The lowest BCUT2D eigenvalue weighted by Crippen LogP contribution is -2.03. The molecule has 0 amide bonds. The molecule has 1 aromatic carbocycles. The van der Waals surface area contributed by atoms with Gasteiger partial charge >= 0.3 is 0 Å². The molecule has 3 nitrogen and oxygen atoms in total. The molecule has 0 aliphatic carbocycles. The zero-order valence-corrected chi connectivity index (χ0v) is 10.5. The fourth-order valence-electron chi connectivity index (χ4n) is 1.30. The molecule has 16 heavy (non-hydrogen) atoms. The Hall–Kier alpha value is -1.02. The number of ether oxygens (including phenoxy) is 2. The van der Waals surface area contributed by atoms with E-state index in [4.69, 9.17) is 14.7 Å². The van der Waals surface area contributed by atoms with E-state index in [0.717, 1.165) is 10.5 Å². The molecule has 0 radical (unpaired) electrons. The first-order chi connectivity index (χ1) is 7.71. The summed E-state index contributed by atoms with van der Waals surface area (Å²) in [6, 6.07) is 10.0. The number of rotatable bonds is 5. The van der Waals surface area contributed by atoms with Gasteiger partial charge in [-0.15, -0.1) is 11.8 Å². The Morgan fingerprint density at radius 1 is 1.19 bits per heavy atom. The highest BCUT2D eigenvalue weighted by molar-refractivity contribution is 8.00. The minimum Gasteiger partial charge on any atom is -0.352 e. The van der Waals surface area contributed by atoms with Gasteiger partial charge in [-0.3, -0.25) is 0 Å². The Morgan fingerprint density at radius 2 is 1.75 bits per heavy atom. The quantitative estimate of drug-likeness (QED) is 0.583. The zero-order valence-electron chi connectivity index (χ0n) is 9.64. The Balaban J connectivity index is 2.71. The van der Waals surface area contributed by atoms with E-state index in [2.05, 4.69) is 6.07 Å². The van der Waals surface area contributed by atoms with Crippen LogP contribution < -0.4 is 0 Å². The minimum atomic E-state index is -0.326. The normalized spacial score (nSPS) is 12.4. The van der Waals surface area contributed by atoms with Gasteiger partial charge in [-0.25, -0.2) is 0 Å². The third-order valence-electron chi connectivity index (χ3n) is 2.08. The second kappa shape index (κ2) is 6.54. The molecular weight excluding hydrogens is 222 g/mol. The summed E-state index contributed by atoms with van der Waals surface area (Å²) in [5, 5.41) is 8.67. The van der Waals surface area contributed by atoms with E-state index in [0.29, 0.717) is 0 Å². The molecular formula is C12H15NO2S. The highest BCUT2D eigenvalue weighted by Crippen LogP contribution is 2.25. The third kappa shape index (κ3) is 3.53. The molecule has 0 aromatic heterocycles. The first-order valence-electron chi connectivity index (χ1n) is 4.93. The maximum atomic E-state index is 8.70. The van der Waals surface area contributed by atoms with E-state index in [1.165, 1.54) is 11.8 Å². The van der Waals surface area contributed by atoms with Crippen LogP contribution in [0.4, 0.5) is 0 Å². The SMILES string of the molecule is COC(OC)c1ccc(SC(C)C#N)cc1. The summed E-state index contributed by atoms with van der Waals surface area (Å²) in [7, 11) is 3.21. The van der Waals surface area contributed by atoms with Crippen LogP contribution in [0.1, 0.15) is 18.8 Å². The van der Waals surface area contributed by atoms with Gasteiger partial charge in [0.2, 0.25) is 0 Å². The van der Waals surface area contributed by atoms with Crippen LogP contribution in [0.15, 0.2) is 29.2 Å². The van der Waals surface area contributed by atoms with Crippen LogP contribution in [0.5, 0.6) is 0 Å². The van der Waals surface area contributed by atoms with Crippen LogP contribution >= 0.6 is 11.8 Å². The van der Waals surface area contributed by atoms with Gasteiger partial charge in [0.05, 0.1) is 11.3 Å². The smallest absolute Gasteiger partial charge is 0.183 e. The molecule has 1 atom stereocenters. The Labute approximate surface area is 100 Å². The number of methoxy groups -OCH3 is 2. The Bertz CT molecular complexity index is 354. The number of nitriles is 1. The molecule has 0 bridgehead atoms. The summed E-state index contributed by atoms with van der Waals surface area (Å²) in [6.07, 6.45) is -0.326. The highest BCUT2D eigenvalue weighted by atomic mass is 32.2. The van der Waals surface area contributed by atoms with E-state index in [1.54, 1.807) is 14.2 Å². The van der Waals surface area contributed by atoms with Gasteiger partial charge in [-0.1, -0.05) is 12.1 Å². The molecule has 86 valence electrons. The molecule has 0 fully saturated rings. The standard InChI is InChI=1S/C12H15NO2S/c1-9(8-13)16-11-6-4-10(5-7-11)12(14-2)15-3/h4-7,9,12H,1-3H3. The van der Waals surface area contributed by atoms with Gasteiger partial charge in [-0.2, -0.15) is 5.26 Å². The fourth-order valence-corrected chi connectivity index (χ4v) is 2.06. The summed E-state index contributed by atoms with van der Waals surface area (Å²) >= 11 is 1.54. The monoisotopic (exact) mass is 237 g/mol. The molecule has 0 heterocycles. The molecule has 1 rings (SSSR count). The second-order valence-corrected chi connectivity index (χ2v) is 4.68. The van der Waals surface area contributed by atoms with E-state index in [1.807, 2.05) is 31.2 Å². The van der Waals surface area contributed by atoms with Gasteiger partial charge < -0.3 is 9.47 Å². The van der Waals surface area contributed by atoms with Crippen molar-refractivity contribution in [1.29, 1.82) is 5.26 Å². The van der Waals surface area contributed by atoms with Gasteiger partial charge in [-0.05, 0) is 19.1 Å². The van der Waals surface area contributed by atoms with Crippen molar-refractivity contribution in [3.05, 3.63) is 29.8 Å². The average molecular weight is 237 g/mol. The molecule has 0 saturated heterocycles. The average Bonchev–Trinajstić information content (AvgIpc) is 2.32. The van der Waals surface area contributed by atoms with Crippen molar-refractivity contribution in [3.63, 3.8) is 0 Å². The third-order valence-corrected chi connectivity index (χ3v) is 3.08. The maximum absolute atomic E-state index is 8.70. The summed E-state index contributed by atoms with van der Waals surface area (Å²) in [5.41, 5.74) is 0.971. The van der Waals surface area contributed by atoms with Crippen molar-refractivity contribution < 1.29 is 9.47 Å². The predicted octanol–water partition coefficient (Wildman–Crippen LogP) is 2.98. The van der Waals surface area contributed by atoms with Gasteiger partial charge in [0.25, 0.3) is 0 Å². The van der Waals surface area contributed by atoms with Crippen LogP contribution in [0.2, 0.25) is 0 Å². The van der Waals surface area contributed by atoms with Crippen molar-refractivity contribution in [2.24, 2.45) is 0 Å². The first-order valence-corrected chi connectivity index (χ1v) is 5.81. The number of hydrogen-bond acceptors (Lipinski definition) is 4. The van der Waals surface area contributed by atoms with Gasteiger partial charge in [0.15, 0.2) is 6.29 Å². The van der Waals surface area contributed by atoms with Crippen molar-refractivity contribution in [1.82, 2.24) is 0 Å². The number of nitrogens with zero attached hydrogens (tertiary/aromatic N) is 1. The number of benzene rings is 1. The second-order valence-electron chi connectivity index (χ2n) is 3.26. The van der Waals surface area contributed by atoms with Crippen LogP contribution in [-0.2, 0) is 9.47 Å². The Morgan fingerprint density at radius 3 is 2.19 bits per heavy atom. The van der Waals surface area contributed by atoms with E-state index >= 15 is 0 Å². The minimum absolute atomic E-state index is 0.0357. The molecule has 1 unspecified atom stereocenters. The molecule has 4 heteroatoms. The fraction of sp³-hybridized carbons (Fsp3) is 0.417. The first kappa shape index (κ1) is 13.0. The van der Waals surface area contributed by atoms with Gasteiger partial charge in [0, 0.05) is 24.7 Å². The van der Waals surface area contributed by atoms with Crippen LogP contribution in [0.25, 0.3) is 0 Å². The molecule has 0 N–H and O–H groups in total. The maximum Gasteiger partial charge on any atom is 0.183 e. The summed E-state index contributed by atoms with van der Waals surface area (Å²) in [4.78, 5) is 1.07. The Kier molecular flexibility index (Phi) is 5.33. The summed E-state index contributed by atoms with van der Waals surface area (Å²) < 4.78 is 10.3. The van der Waals surface area contributed by atoms with Gasteiger partial charge in [0.1, 0.15) is 0 Å². The summed E-state index contributed by atoms with van der Waals surface area (Å²) in [5.74, 6) is 0. The molecule has 0 saturated carbocycles. The van der Waals surface area contributed by atoms with E-state index in [9.17, 15) is 0 Å².